The summed E-state index contributed by atoms with van der Waals surface area (Å²) < 4.78 is 25.6. The van der Waals surface area contributed by atoms with Gasteiger partial charge in [-0.1, -0.05) is 29.8 Å². The predicted octanol–water partition coefficient (Wildman–Crippen LogP) is 2.64. The van der Waals surface area contributed by atoms with E-state index in [9.17, 15) is 13.2 Å². The van der Waals surface area contributed by atoms with Crippen LogP contribution in [0.15, 0.2) is 47.6 Å². The van der Waals surface area contributed by atoms with E-state index in [1.807, 2.05) is 19.1 Å². The highest BCUT2D eigenvalue weighted by Gasteiger charge is 2.27. The lowest BCUT2D eigenvalue weighted by Crippen LogP contribution is -2.45. The van der Waals surface area contributed by atoms with Crippen molar-refractivity contribution in [3.05, 3.63) is 53.1 Å². The predicted molar refractivity (Wildman–Crippen MR) is 100.0 cm³/mol. The first-order valence-corrected chi connectivity index (χ1v) is 10.4. The molecule has 1 amide bonds. The smallest absolute Gasteiger partial charge is 0.243 e. The Morgan fingerprint density at radius 2 is 1.76 bits per heavy atom. The number of carbonyl (C=O) groups is 1. The average Bonchev–Trinajstić information content (AvgIpc) is 2.59. The number of carbonyl (C=O) groups excluding carboxylic acids is 1. The van der Waals surface area contributed by atoms with Crippen LogP contribution in [0.4, 0.5) is 5.69 Å². The lowest BCUT2D eigenvalue weighted by atomic mass is 9.91. The minimum Gasteiger partial charge on any atom is -0.336 e. The number of benzene rings is 1. The molecule has 6 heteroatoms. The molecule has 0 unspecified atom stereocenters. The van der Waals surface area contributed by atoms with Crippen LogP contribution in [0.5, 0.6) is 0 Å². The van der Waals surface area contributed by atoms with Crippen molar-refractivity contribution in [2.24, 2.45) is 0 Å². The third kappa shape index (κ3) is 4.12. The highest BCUT2D eigenvalue weighted by Crippen LogP contribution is 2.27. The first kappa shape index (κ1) is 17.7. The fourth-order valence-electron chi connectivity index (χ4n) is 3.29. The van der Waals surface area contributed by atoms with Gasteiger partial charge in [0.15, 0.2) is 0 Å². The number of amides is 1. The van der Waals surface area contributed by atoms with E-state index in [2.05, 4.69) is 12.2 Å². The van der Waals surface area contributed by atoms with Gasteiger partial charge in [-0.05, 0) is 49.5 Å². The molecular formula is C19H24N2O3S. The van der Waals surface area contributed by atoms with Gasteiger partial charge in [0.05, 0.1) is 11.9 Å². The van der Waals surface area contributed by atoms with Crippen molar-refractivity contribution in [1.29, 1.82) is 0 Å². The van der Waals surface area contributed by atoms with E-state index in [0.29, 0.717) is 18.8 Å². The maximum Gasteiger partial charge on any atom is 0.243 e. The zero-order valence-corrected chi connectivity index (χ0v) is 15.6. The lowest BCUT2D eigenvalue weighted by molar-refractivity contribution is -0.129. The molecule has 1 fully saturated rings. The molecule has 1 heterocycles. The third-order valence-electron chi connectivity index (χ3n) is 4.73. The molecule has 0 radical (unpaired) electrons. The molecule has 0 bridgehead atoms. The number of anilines is 1. The molecule has 0 N–H and O–H groups in total. The Balaban J connectivity index is 1.76. The van der Waals surface area contributed by atoms with E-state index >= 15 is 0 Å². The Hall–Kier alpha value is -2.08. The van der Waals surface area contributed by atoms with Crippen molar-refractivity contribution >= 4 is 21.6 Å². The number of likely N-dealkylation sites (tertiary alicyclic amines) is 1. The third-order valence-corrected chi connectivity index (χ3v) is 5.87. The molecular weight excluding hydrogens is 336 g/mol. The van der Waals surface area contributed by atoms with Gasteiger partial charge < -0.3 is 4.90 Å². The van der Waals surface area contributed by atoms with E-state index < -0.39 is 10.0 Å². The topological polar surface area (TPSA) is 57.7 Å². The number of fused-ring (bicyclic) bond motifs is 1. The fraction of sp³-hybridized carbons (Fsp3) is 0.421. The lowest BCUT2D eigenvalue weighted by Gasteiger charge is -2.33. The molecule has 2 aliphatic rings. The second-order valence-electron chi connectivity index (χ2n) is 6.71. The molecule has 3 rings (SSSR count). The molecule has 0 saturated carbocycles. The second-order valence-corrected chi connectivity index (χ2v) is 8.61. The SMILES string of the molecule is Cc1ccc(N(CC(=O)N2CCC3=CCCC=C3C2)S(C)(=O)=O)cc1. The summed E-state index contributed by atoms with van der Waals surface area (Å²) in [5, 5.41) is 0. The largest absolute Gasteiger partial charge is 0.336 e. The average molecular weight is 360 g/mol. The highest BCUT2D eigenvalue weighted by molar-refractivity contribution is 7.92. The van der Waals surface area contributed by atoms with Crippen LogP contribution in [-0.2, 0) is 14.8 Å². The summed E-state index contributed by atoms with van der Waals surface area (Å²) in [6, 6.07) is 7.18. The Kier molecular flexibility index (Phi) is 4.99. The zero-order chi connectivity index (χ0) is 18.0. The Morgan fingerprint density at radius 1 is 1.12 bits per heavy atom. The van der Waals surface area contributed by atoms with Crippen molar-refractivity contribution in [2.75, 3.05) is 30.2 Å². The number of hydrogen-bond acceptors (Lipinski definition) is 3. The minimum atomic E-state index is -3.53. The molecule has 0 atom stereocenters. The van der Waals surface area contributed by atoms with Crippen LogP contribution in [-0.4, -0.2) is 45.1 Å². The Bertz CT molecular complexity index is 823. The molecule has 25 heavy (non-hydrogen) atoms. The van der Waals surface area contributed by atoms with E-state index in [4.69, 9.17) is 0 Å². The molecule has 1 aliphatic heterocycles. The number of piperidine rings is 1. The van der Waals surface area contributed by atoms with Crippen LogP contribution in [0.25, 0.3) is 0 Å². The van der Waals surface area contributed by atoms with Gasteiger partial charge in [-0.15, -0.1) is 0 Å². The number of aryl methyl sites for hydroxylation is 1. The van der Waals surface area contributed by atoms with Crippen molar-refractivity contribution < 1.29 is 13.2 Å². The fourth-order valence-corrected chi connectivity index (χ4v) is 4.14. The number of allylic oxidation sites excluding steroid dienone is 2. The van der Waals surface area contributed by atoms with Crippen LogP contribution < -0.4 is 4.31 Å². The monoisotopic (exact) mass is 360 g/mol. The van der Waals surface area contributed by atoms with E-state index in [1.165, 1.54) is 15.5 Å². The van der Waals surface area contributed by atoms with Crippen LogP contribution >= 0.6 is 0 Å². The van der Waals surface area contributed by atoms with Gasteiger partial charge in [0.25, 0.3) is 0 Å². The number of rotatable bonds is 4. The zero-order valence-electron chi connectivity index (χ0n) is 14.7. The Labute approximate surface area is 149 Å². The van der Waals surface area contributed by atoms with Crippen molar-refractivity contribution in [1.82, 2.24) is 4.90 Å². The summed E-state index contributed by atoms with van der Waals surface area (Å²) in [5.41, 5.74) is 4.12. The van der Waals surface area contributed by atoms with Gasteiger partial charge in [0.2, 0.25) is 15.9 Å². The summed E-state index contributed by atoms with van der Waals surface area (Å²) in [6.07, 6.45) is 8.53. The van der Waals surface area contributed by atoms with Gasteiger partial charge >= 0.3 is 0 Å². The van der Waals surface area contributed by atoms with Gasteiger partial charge in [-0.2, -0.15) is 0 Å². The summed E-state index contributed by atoms with van der Waals surface area (Å²) in [7, 11) is -3.53. The van der Waals surface area contributed by atoms with Gasteiger partial charge in [-0.3, -0.25) is 9.10 Å². The van der Waals surface area contributed by atoms with Crippen LogP contribution in [0.1, 0.15) is 24.8 Å². The number of hydrogen-bond donors (Lipinski definition) is 0. The van der Waals surface area contributed by atoms with Crippen molar-refractivity contribution in [3.63, 3.8) is 0 Å². The van der Waals surface area contributed by atoms with Crippen LogP contribution in [0.2, 0.25) is 0 Å². The first-order chi connectivity index (χ1) is 11.8. The molecule has 0 spiro atoms. The molecule has 0 aromatic heterocycles. The van der Waals surface area contributed by atoms with Gasteiger partial charge in [0, 0.05) is 13.1 Å². The van der Waals surface area contributed by atoms with Gasteiger partial charge in [-0.25, -0.2) is 8.42 Å². The Morgan fingerprint density at radius 3 is 2.40 bits per heavy atom. The summed E-state index contributed by atoms with van der Waals surface area (Å²) in [5.74, 6) is -0.156. The number of sulfonamides is 1. The summed E-state index contributed by atoms with van der Waals surface area (Å²) in [6.45, 7) is 3.01. The molecule has 1 aromatic carbocycles. The maximum absolute atomic E-state index is 12.7. The normalized spacial score (nSPS) is 17.4. The molecule has 1 aromatic rings. The van der Waals surface area contributed by atoms with E-state index in [1.54, 1.807) is 17.0 Å². The second kappa shape index (κ2) is 7.04. The maximum atomic E-state index is 12.7. The van der Waals surface area contributed by atoms with Gasteiger partial charge in [0.1, 0.15) is 6.54 Å². The van der Waals surface area contributed by atoms with Crippen molar-refractivity contribution in [3.8, 4) is 0 Å². The molecule has 5 nitrogen and oxygen atoms in total. The van der Waals surface area contributed by atoms with Crippen molar-refractivity contribution in [2.45, 2.75) is 26.2 Å². The van der Waals surface area contributed by atoms with E-state index in [0.717, 1.165) is 31.1 Å². The first-order valence-electron chi connectivity index (χ1n) is 8.55. The quantitative estimate of drug-likeness (QED) is 0.829. The molecule has 1 saturated heterocycles. The van der Waals surface area contributed by atoms with Crippen LogP contribution in [0.3, 0.4) is 0 Å². The number of nitrogens with zero attached hydrogens (tertiary/aromatic N) is 2. The highest BCUT2D eigenvalue weighted by atomic mass is 32.2. The summed E-state index contributed by atoms with van der Waals surface area (Å²) >= 11 is 0. The van der Waals surface area contributed by atoms with E-state index in [-0.39, 0.29) is 12.5 Å². The summed E-state index contributed by atoms with van der Waals surface area (Å²) in [4.78, 5) is 14.5. The minimum absolute atomic E-state index is 0.156. The molecule has 134 valence electrons. The molecule has 1 aliphatic carbocycles. The van der Waals surface area contributed by atoms with Crippen LogP contribution in [0, 0.1) is 6.92 Å². The standard InChI is InChI=1S/C19H24N2O3S/c1-15-7-9-18(10-8-15)21(25(2,23)24)14-19(22)20-12-11-16-5-3-4-6-17(16)13-20/h5-10H,3-4,11-14H2,1-2H3.